The number of hydrogen-bond donors (Lipinski definition) is 0. The Labute approximate surface area is 192 Å². The predicted octanol–water partition coefficient (Wildman–Crippen LogP) is 4.49. The number of anilines is 1. The Morgan fingerprint density at radius 2 is 1.66 bits per heavy atom. The van der Waals surface area contributed by atoms with Gasteiger partial charge in [0.2, 0.25) is 10.0 Å². The van der Waals surface area contributed by atoms with Gasteiger partial charge in [0.15, 0.2) is 0 Å². The molecule has 0 amide bonds. The molecule has 1 aliphatic rings. The molecule has 1 fully saturated rings. The standard InChI is InChI=1S/C24H24N4O2S2/c1-17-8-9-22(18(2)14-17)32(29,30)28-12-10-27(11-13-28)23-20-15-21(19-6-4-3-5-7-19)31-24(20)26-16-25-23/h3-9,14-16H,10-13H2,1-2H3. The summed E-state index contributed by atoms with van der Waals surface area (Å²) in [6, 6.07) is 17.9. The molecule has 1 aliphatic heterocycles. The van der Waals surface area contributed by atoms with E-state index in [1.165, 1.54) is 0 Å². The van der Waals surface area contributed by atoms with Crippen LogP contribution in [0.15, 0.2) is 65.8 Å². The van der Waals surface area contributed by atoms with Gasteiger partial charge in [0, 0.05) is 31.1 Å². The lowest BCUT2D eigenvalue weighted by atomic mass is 10.2. The fraction of sp³-hybridized carbons (Fsp3) is 0.250. The van der Waals surface area contributed by atoms with E-state index in [0.29, 0.717) is 31.1 Å². The van der Waals surface area contributed by atoms with E-state index in [1.807, 2.05) is 44.2 Å². The number of thiophene rings is 1. The van der Waals surface area contributed by atoms with Crippen molar-refractivity contribution in [1.82, 2.24) is 14.3 Å². The number of aromatic nitrogens is 2. The maximum atomic E-state index is 13.2. The highest BCUT2D eigenvalue weighted by Crippen LogP contribution is 2.36. The summed E-state index contributed by atoms with van der Waals surface area (Å²) in [5, 5.41) is 1.02. The zero-order chi connectivity index (χ0) is 22.3. The van der Waals surface area contributed by atoms with Crippen LogP contribution in [-0.4, -0.2) is 48.9 Å². The van der Waals surface area contributed by atoms with Crippen molar-refractivity contribution in [3.05, 3.63) is 72.1 Å². The molecule has 2 aromatic heterocycles. The Hall–Kier alpha value is -2.81. The van der Waals surface area contributed by atoms with Gasteiger partial charge in [0.05, 0.1) is 10.3 Å². The van der Waals surface area contributed by atoms with E-state index < -0.39 is 10.0 Å². The van der Waals surface area contributed by atoms with Gasteiger partial charge in [0.1, 0.15) is 17.0 Å². The molecule has 1 saturated heterocycles. The average molecular weight is 465 g/mol. The Bertz CT molecular complexity index is 1380. The van der Waals surface area contributed by atoms with E-state index >= 15 is 0 Å². The lowest BCUT2D eigenvalue weighted by Gasteiger charge is -2.35. The summed E-state index contributed by atoms with van der Waals surface area (Å²) >= 11 is 1.65. The lowest BCUT2D eigenvalue weighted by molar-refractivity contribution is 0.384. The summed E-state index contributed by atoms with van der Waals surface area (Å²) in [6.07, 6.45) is 1.60. The minimum atomic E-state index is -3.51. The molecule has 5 rings (SSSR count). The number of rotatable bonds is 4. The molecular formula is C24H24N4O2S2. The van der Waals surface area contributed by atoms with E-state index in [0.717, 1.165) is 37.6 Å². The van der Waals surface area contributed by atoms with Crippen LogP contribution in [-0.2, 0) is 10.0 Å². The Morgan fingerprint density at radius 1 is 0.906 bits per heavy atom. The van der Waals surface area contributed by atoms with Crippen molar-refractivity contribution in [3.63, 3.8) is 0 Å². The molecule has 0 aliphatic carbocycles. The average Bonchev–Trinajstić information content (AvgIpc) is 3.24. The SMILES string of the molecule is Cc1ccc(S(=O)(=O)N2CCN(c3ncnc4sc(-c5ccccc5)cc34)CC2)c(C)c1. The third-order valence-electron chi connectivity index (χ3n) is 5.85. The number of fused-ring (bicyclic) bond motifs is 1. The lowest BCUT2D eigenvalue weighted by Crippen LogP contribution is -2.49. The van der Waals surface area contributed by atoms with Crippen LogP contribution in [0.2, 0.25) is 0 Å². The van der Waals surface area contributed by atoms with Gasteiger partial charge >= 0.3 is 0 Å². The molecular weight excluding hydrogens is 440 g/mol. The predicted molar refractivity (Wildman–Crippen MR) is 130 cm³/mol. The first-order chi connectivity index (χ1) is 15.4. The van der Waals surface area contributed by atoms with Crippen molar-refractivity contribution >= 4 is 37.4 Å². The molecule has 0 N–H and O–H groups in total. The van der Waals surface area contributed by atoms with Crippen LogP contribution in [0.5, 0.6) is 0 Å². The van der Waals surface area contributed by atoms with Crippen molar-refractivity contribution in [2.45, 2.75) is 18.7 Å². The first-order valence-electron chi connectivity index (χ1n) is 10.6. The number of hydrogen-bond acceptors (Lipinski definition) is 6. The highest BCUT2D eigenvalue weighted by Gasteiger charge is 2.30. The van der Waals surface area contributed by atoms with E-state index in [1.54, 1.807) is 28.0 Å². The summed E-state index contributed by atoms with van der Waals surface area (Å²) < 4.78 is 28.0. The van der Waals surface area contributed by atoms with Crippen molar-refractivity contribution in [2.24, 2.45) is 0 Å². The van der Waals surface area contributed by atoms with Gasteiger partial charge in [-0.3, -0.25) is 0 Å². The zero-order valence-electron chi connectivity index (χ0n) is 18.0. The van der Waals surface area contributed by atoms with Crippen LogP contribution in [0.25, 0.3) is 20.7 Å². The molecule has 0 atom stereocenters. The number of piperazine rings is 1. The summed E-state index contributed by atoms with van der Waals surface area (Å²) in [5.74, 6) is 0.872. The van der Waals surface area contributed by atoms with Crippen LogP contribution in [0.4, 0.5) is 5.82 Å². The maximum absolute atomic E-state index is 13.2. The number of nitrogens with zero attached hydrogens (tertiary/aromatic N) is 4. The Morgan fingerprint density at radius 3 is 2.38 bits per heavy atom. The second kappa shape index (κ2) is 8.27. The molecule has 0 bridgehead atoms. The van der Waals surface area contributed by atoms with Crippen LogP contribution in [0.1, 0.15) is 11.1 Å². The highest BCUT2D eigenvalue weighted by molar-refractivity contribution is 7.89. The Balaban J connectivity index is 1.39. The van der Waals surface area contributed by atoms with Gasteiger partial charge in [0.25, 0.3) is 0 Å². The number of benzene rings is 2. The normalized spacial score (nSPS) is 15.4. The molecule has 0 saturated carbocycles. The molecule has 6 nitrogen and oxygen atoms in total. The van der Waals surface area contributed by atoms with Crippen molar-refractivity contribution in [3.8, 4) is 10.4 Å². The fourth-order valence-corrected chi connectivity index (χ4v) is 6.83. The van der Waals surface area contributed by atoms with Crippen molar-refractivity contribution in [2.75, 3.05) is 31.1 Å². The van der Waals surface area contributed by atoms with Crippen LogP contribution in [0.3, 0.4) is 0 Å². The molecule has 0 unspecified atom stereocenters. The highest BCUT2D eigenvalue weighted by atomic mass is 32.2. The van der Waals surface area contributed by atoms with Gasteiger partial charge in [-0.05, 0) is 37.1 Å². The monoisotopic (exact) mass is 464 g/mol. The molecule has 3 heterocycles. The third kappa shape index (κ3) is 3.79. The fourth-order valence-electron chi connectivity index (χ4n) is 4.21. The number of sulfonamides is 1. The molecule has 0 radical (unpaired) electrons. The first-order valence-corrected chi connectivity index (χ1v) is 12.8. The van der Waals surface area contributed by atoms with E-state index in [4.69, 9.17) is 0 Å². The van der Waals surface area contributed by atoms with Gasteiger partial charge in [-0.15, -0.1) is 11.3 Å². The second-order valence-electron chi connectivity index (χ2n) is 8.05. The second-order valence-corrected chi connectivity index (χ2v) is 11.0. The van der Waals surface area contributed by atoms with E-state index in [2.05, 4.69) is 33.1 Å². The molecule has 2 aromatic carbocycles. The smallest absolute Gasteiger partial charge is 0.243 e. The summed E-state index contributed by atoms with van der Waals surface area (Å²) in [6.45, 7) is 5.86. The van der Waals surface area contributed by atoms with Gasteiger partial charge in [-0.2, -0.15) is 4.31 Å². The Kier molecular flexibility index (Phi) is 5.44. The summed E-state index contributed by atoms with van der Waals surface area (Å²) in [5.41, 5.74) is 3.01. The minimum Gasteiger partial charge on any atom is -0.353 e. The van der Waals surface area contributed by atoms with Crippen LogP contribution >= 0.6 is 11.3 Å². The quantitative estimate of drug-likeness (QED) is 0.445. The van der Waals surface area contributed by atoms with Crippen LogP contribution in [0, 0.1) is 13.8 Å². The molecule has 32 heavy (non-hydrogen) atoms. The molecule has 0 spiro atoms. The van der Waals surface area contributed by atoms with Gasteiger partial charge in [-0.25, -0.2) is 18.4 Å². The van der Waals surface area contributed by atoms with E-state index in [-0.39, 0.29) is 0 Å². The topological polar surface area (TPSA) is 66.4 Å². The first kappa shape index (κ1) is 21.1. The zero-order valence-corrected chi connectivity index (χ0v) is 19.7. The molecule has 8 heteroatoms. The van der Waals surface area contributed by atoms with Crippen molar-refractivity contribution < 1.29 is 8.42 Å². The van der Waals surface area contributed by atoms with E-state index in [9.17, 15) is 8.42 Å². The largest absolute Gasteiger partial charge is 0.353 e. The maximum Gasteiger partial charge on any atom is 0.243 e. The summed E-state index contributed by atoms with van der Waals surface area (Å²) in [7, 11) is -3.51. The summed E-state index contributed by atoms with van der Waals surface area (Å²) in [4.78, 5) is 13.7. The third-order valence-corrected chi connectivity index (χ3v) is 9.00. The van der Waals surface area contributed by atoms with Gasteiger partial charge in [-0.1, -0.05) is 48.0 Å². The number of aryl methyl sites for hydroxylation is 2. The molecule has 164 valence electrons. The minimum absolute atomic E-state index is 0.395. The van der Waals surface area contributed by atoms with Crippen LogP contribution < -0.4 is 4.90 Å². The molecule has 4 aromatic rings. The van der Waals surface area contributed by atoms with Gasteiger partial charge < -0.3 is 4.90 Å². The van der Waals surface area contributed by atoms with Crippen molar-refractivity contribution in [1.29, 1.82) is 0 Å².